The van der Waals surface area contributed by atoms with Gasteiger partial charge >= 0.3 is 6.03 Å². The molecule has 0 heterocycles. The van der Waals surface area contributed by atoms with Crippen LogP contribution < -0.4 is 10.6 Å². The van der Waals surface area contributed by atoms with Crippen LogP contribution in [-0.2, 0) is 0 Å². The number of halogens is 1. The Hall–Kier alpha value is -1.07. The Balaban J connectivity index is 2.02. The SMILES string of the molecule is Cc1ccc(Br)c(NC(=O)NC(C)(CO)C2CC2)c1. The molecule has 104 valence electrons. The molecule has 1 unspecified atom stereocenters. The van der Waals surface area contributed by atoms with Crippen molar-refractivity contribution in [3.63, 3.8) is 0 Å². The number of amides is 2. The van der Waals surface area contributed by atoms with E-state index >= 15 is 0 Å². The van der Waals surface area contributed by atoms with Crippen LogP contribution in [-0.4, -0.2) is 23.3 Å². The Morgan fingerprint density at radius 3 is 2.79 bits per heavy atom. The second-order valence-electron chi connectivity index (χ2n) is 5.41. The minimum Gasteiger partial charge on any atom is -0.394 e. The molecule has 0 radical (unpaired) electrons. The number of hydrogen-bond donors (Lipinski definition) is 3. The summed E-state index contributed by atoms with van der Waals surface area (Å²) in [6.07, 6.45) is 2.12. The van der Waals surface area contributed by atoms with Gasteiger partial charge in [0.05, 0.1) is 17.8 Å². The quantitative estimate of drug-likeness (QED) is 0.796. The monoisotopic (exact) mass is 326 g/mol. The molecule has 0 saturated heterocycles. The van der Waals surface area contributed by atoms with Gasteiger partial charge in [-0.15, -0.1) is 0 Å². The molecule has 1 atom stereocenters. The van der Waals surface area contributed by atoms with Crippen LogP contribution in [0, 0.1) is 12.8 Å². The summed E-state index contributed by atoms with van der Waals surface area (Å²) < 4.78 is 0.838. The molecule has 1 aromatic carbocycles. The second-order valence-corrected chi connectivity index (χ2v) is 6.27. The average molecular weight is 327 g/mol. The zero-order chi connectivity index (χ0) is 14.0. The van der Waals surface area contributed by atoms with Crippen LogP contribution in [0.25, 0.3) is 0 Å². The molecule has 5 heteroatoms. The molecule has 3 N–H and O–H groups in total. The predicted octanol–water partition coefficient (Wildman–Crippen LogP) is 3.04. The number of rotatable bonds is 4. The number of hydrogen-bond acceptors (Lipinski definition) is 2. The number of urea groups is 1. The van der Waals surface area contributed by atoms with Crippen molar-refractivity contribution >= 4 is 27.6 Å². The van der Waals surface area contributed by atoms with Gasteiger partial charge in [-0.25, -0.2) is 4.79 Å². The zero-order valence-electron chi connectivity index (χ0n) is 11.2. The van der Waals surface area contributed by atoms with Gasteiger partial charge in [-0.2, -0.15) is 0 Å². The molecule has 1 saturated carbocycles. The Morgan fingerprint density at radius 2 is 2.21 bits per heavy atom. The van der Waals surface area contributed by atoms with Crippen molar-refractivity contribution in [3.05, 3.63) is 28.2 Å². The largest absolute Gasteiger partial charge is 0.394 e. The summed E-state index contributed by atoms with van der Waals surface area (Å²) in [7, 11) is 0. The fourth-order valence-electron chi connectivity index (χ4n) is 2.14. The molecule has 2 amide bonds. The lowest BCUT2D eigenvalue weighted by Crippen LogP contribution is -2.52. The number of aliphatic hydroxyl groups excluding tert-OH is 1. The number of nitrogens with one attached hydrogen (secondary N) is 2. The van der Waals surface area contributed by atoms with E-state index in [2.05, 4.69) is 26.6 Å². The predicted molar refractivity (Wildman–Crippen MR) is 79.2 cm³/mol. The van der Waals surface area contributed by atoms with E-state index in [-0.39, 0.29) is 12.6 Å². The minimum atomic E-state index is -0.527. The van der Waals surface area contributed by atoms with Gasteiger partial charge in [0, 0.05) is 4.47 Å². The van der Waals surface area contributed by atoms with Crippen molar-refractivity contribution in [1.82, 2.24) is 5.32 Å². The molecule has 1 fully saturated rings. The van der Waals surface area contributed by atoms with Crippen molar-refractivity contribution in [2.75, 3.05) is 11.9 Å². The number of aryl methyl sites for hydroxylation is 1. The lowest BCUT2D eigenvalue weighted by molar-refractivity contribution is 0.159. The molecule has 0 spiro atoms. The highest BCUT2D eigenvalue weighted by Gasteiger charge is 2.42. The van der Waals surface area contributed by atoms with Crippen LogP contribution >= 0.6 is 15.9 Å². The van der Waals surface area contributed by atoms with Crippen LogP contribution in [0.1, 0.15) is 25.3 Å². The number of benzene rings is 1. The Bertz CT molecular complexity index is 488. The van der Waals surface area contributed by atoms with Crippen molar-refractivity contribution in [2.24, 2.45) is 5.92 Å². The molecule has 1 aliphatic carbocycles. The third-order valence-electron chi connectivity index (χ3n) is 3.58. The van der Waals surface area contributed by atoms with Gasteiger partial charge in [0.1, 0.15) is 0 Å². The van der Waals surface area contributed by atoms with E-state index in [0.717, 1.165) is 28.6 Å². The van der Waals surface area contributed by atoms with E-state index in [9.17, 15) is 9.90 Å². The fraction of sp³-hybridized carbons (Fsp3) is 0.500. The standard InChI is InChI=1S/C14H19BrN2O2/c1-9-3-6-11(15)12(7-9)16-13(19)17-14(2,8-18)10-4-5-10/h3,6-7,10,18H,4-5,8H2,1-2H3,(H2,16,17,19). The number of carbonyl (C=O) groups excluding carboxylic acids is 1. The summed E-state index contributed by atoms with van der Waals surface area (Å²) in [5.74, 6) is 0.379. The first kappa shape index (κ1) is 14.3. The molecular formula is C14H19BrN2O2. The van der Waals surface area contributed by atoms with E-state index in [1.165, 1.54) is 0 Å². The number of carbonyl (C=O) groups is 1. The van der Waals surface area contributed by atoms with Crippen LogP contribution in [0.15, 0.2) is 22.7 Å². The van der Waals surface area contributed by atoms with Crippen LogP contribution in [0.5, 0.6) is 0 Å². The topological polar surface area (TPSA) is 61.4 Å². The molecule has 1 aromatic rings. The highest BCUT2D eigenvalue weighted by atomic mass is 79.9. The molecular weight excluding hydrogens is 308 g/mol. The highest BCUT2D eigenvalue weighted by molar-refractivity contribution is 9.10. The summed E-state index contributed by atoms with van der Waals surface area (Å²) in [5.41, 5.74) is 1.28. The molecule has 0 bridgehead atoms. The lowest BCUT2D eigenvalue weighted by Gasteiger charge is -2.28. The van der Waals surface area contributed by atoms with Gasteiger partial charge in [0.2, 0.25) is 0 Å². The summed E-state index contributed by atoms with van der Waals surface area (Å²) in [5, 5.41) is 15.2. The van der Waals surface area contributed by atoms with Crippen molar-refractivity contribution in [1.29, 1.82) is 0 Å². The third-order valence-corrected chi connectivity index (χ3v) is 4.27. The second kappa shape index (κ2) is 5.51. The molecule has 19 heavy (non-hydrogen) atoms. The Morgan fingerprint density at radius 1 is 1.53 bits per heavy atom. The molecule has 0 aliphatic heterocycles. The minimum absolute atomic E-state index is 0.0416. The van der Waals surface area contributed by atoms with Crippen molar-refractivity contribution < 1.29 is 9.90 Å². The van der Waals surface area contributed by atoms with Gasteiger partial charge in [0.15, 0.2) is 0 Å². The molecule has 0 aromatic heterocycles. The Kier molecular flexibility index (Phi) is 4.16. The first-order valence-corrected chi connectivity index (χ1v) is 7.20. The first-order valence-electron chi connectivity index (χ1n) is 6.41. The summed E-state index contributed by atoms with van der Waals surface area (Å²) in [4.78, 5) is 12.0. The maximum absolute atomic E-state index is 12.0. The smallest absolute Gasteiger partial charge is 0.319 e. The van der Waals surface area contributed by atoms with Gasteiger partial charge in [0.25, 0.3) is 0 Å². The van der Waals surface area contributed by atoms with Crippen LogP contribution in [0.3, 0.4) is 0 Å². The summed E-state index contributed by atoms with van der Waals surface area (Å²) in [6.45, 7) is 3.81. The van der Waals surface area contributed by atoms with E-state index in [1.54, 1.807) is 0 Å². The average Bonchev–Trinajstić information content (AvgIpc) is 3.18. The van der Waals surface area contributed by atoms with Gasteiger partial charge in [-0.1, -0.05) is 6.07 Å². The maximum Gasteiger partial charge on any atom is 0.319 e. The van der Waals surface area contributed by atoms with E-state index in [1.807, 2.05) is 32.0 Å². The number of aliphatic hydroxyl groups is 1. The maximum atomic E-state index is 12.0. The van der Waals surface area contributed by atoms with E-state index in [4.69, 9.17) is 0 Å². The van der Waals surface area contributed by atoms with Crippen LogP contribution in [0.2, 0.25) is 0 Å². The summed E-state index contributed by atoms with van der Waals surface area (Å²) >= 11 is 3.41. The van der Waals surface area contributed by atoms with Crippen molar-refractivity contribution in [3.8, 4) is 0 Å². The molecule has 2 rings (SSSR count). The van der Waals surface area contributed by atoms with Gasteiger partial charge < -0.3 is 15.7 Å². The molecule has 1 aliphatic rings. The van der Waals surface area contributed by atoms with Gasteiger partial charge in [-0.3, -0.25) is 0 Å². The Labute approximate surface area is 121 Å². The normalized spacial score (nSPS) is 17.7. The third kappa shape index (κ3) is 3.48. The number of anilines is 1. The van der Waals surface area contributed by atoms with Gasteiger partial charge in [-0.05, 0) is 66.2 Å². The lowest BCUT2D eigenvalue weighted by atomic mass is 9.97. The van der Waals surface area contributed by atoms with E-state index in [0.29, 0.717) is 5.92 Å². The summed E-state index contributed by atoms with van der Waals surface area (Å²) in [6, 6.07) is 5.48. The van der Waals surface area contributed by atoms with Crippen molar-refractivity contribution in [2.45, 2.75) is 32.2 Å². The fourth-order valence-corrected chi connectivity index (χ4v) is 2.48. The van der Waals surface area contributed by atoms with E-state index < -0.39 is 5.54 Å². The van der Waals surface area contributed by atoms with Crippen LogP contribution in [0.4, 0.5) is 10.5 Å². The zero-order valence-corrected chi connectivity index (χ0v) is 12.8. The highest BCUT2D eigenvalue weighted by Crippen LogP contribution is 2.39. The first-order chi connectivity index (χ1) is 8.94. The molecule has 4 nitrogen and oxygen atoms in total.